The standard InChI is InChI=1S/C22H17BrN2O3/c1-15-7-9-17(10-8-15)22(27)28-20-12-11-19(23)13-18(20)14-24-25-21(26)16-5-3-2-4-6-16/h2-14H,1H3,(H,25,26)/b24-14+. The van der Waals surface area contributed by atoms with Crippen LogP contribution in [0.5, 0.6) is 5.75 Å². The molecule has 3 rings (SSSR count). The van der Waals surface area contributed by atoms with Gasteiger partial charge in [-0.2, -0.15) is 5.10 Å². The van der Waals surface area contributed by atoms with Crippen molar-refractivity contribution in [3.8, 4) is 5.75 Å². The highest BCUT2D eigenvalue weighted by Crippen LogP contribution is 2.23. The summed E-state index contributed by atoms with van der Waals surface area (Å²) in [5.74, 6) is -0.457. The van der Waals surface area contributed by atoms with Crippen LogP contribution in [-0.2, 0) is 0 Å². The summed E-state index contributed by atoms with van der Waals surface area (Å²) in [7, 11) is 0. The maximum atomic E-state index is 12.4. The molecule has 0 unspecified atom stereocenters. The molecule has 1 N–H and O–H groups in total. The molecule has 28 heavy (non-hydrogen) atoms. The van der Waals surface area contributed by atoms with Crippen molar-refractivity contribution in [3.05, 3.63) is 99.5 Å². The number of hydrogen-bond acceptors (Lipinski definition) is 4. The summed E-state index contributed by atoms with van der Waals surface area (Å²) < 4.78 is 6.30. The fourth-order valence-corrected chi connectivity index (χ4v) is 2.75. The van der Waals surface area contributed by atoms with Gasteiger partial charge in [-0.25, -0.2) is 10.2 Å². The number of halogens is 1. The average Bonchev–Trinajstić information content (AvgIpc) is 2.71. The fraction of sp³-hybridized carbons (Fsp3) is 0.0455. The van der Waals surface area contributed by atoms with Crippen molar-refractivity contribution in [2.45, 2.75) is 6.92 Å². The lowest BCUT2D eigenvalue weighted by atomic mass is 10.1. The van der Waals surface area contributed by atoms with Crippen molar-refractivity contribution in [3.63, 3.8) is 0 Å². The molecule has 6 heteroatoms. The van der Waals surface area contributed by atoms with Crippen molar-refractivity contribution in [1.29, 1.82) is 0 Å². The van der Waals surface area contributed by atoms with Gasteiger partial charge in [-0.3, -0.25) is 4.79 Å². The second kappa shape index (κ2) is 9.10. The number of hydrazone groups is 1. The van der Waals surface area contributed by atoms with Crippen molar-refractivity contribution in [2.75, 3.05) is 0 Å². The molecule has 0 bridgehead atoms. The van der Waals surface area contributed by atoms with E-state index >= 15 is 0 Å². The van der Waals surface area contributed by atoms with Gasteiger partial charge < -0.3 is 4.74 Å². The summed E-state index contributed by atoms with van der Waals surface area (Å²) >= 11 is 3.38. The van der Waals surface area contributed by atoms with Crippen LogP contribution in [0.4, 0.5) is 0 Å². The Kier molecular flexibility index (Phi) is 6.34. The number of hydrogen-bond donors (Lipinski definition) is 1. The Balaban J connectivity index is 1.74. The van der Waals surface area contributed by atoms with Gasteiger partial charge in [-0.1, -0.05) is 51.8 Å². The predicted octanol–water partition coefficient (Wildman–Crippen LogP) is 4.74. The molecule has 0 aliphatic heterocycles. The molecule has 0 spiro atoms. The molecular formula is C22H17BrN2O3. The molecule has 0 fully saturated rings. The van der Waals surface area contributed by atoms with E-state index in [9.17, 15) is 9.59 Å². The molecule has 0 atom stereocenters. The number of rotatable bonds is 5. The van der Waals surface area contributed by atoms with E-state index in [1.54, 1.807) is 54.6 Å². The summed E-state index contributed by atoms with van der Waals surface area (Å²) in [6.07, 6.45) is 1.43. The number of amides is 1. The first kappa shape index (κ1) is 19.5. The van der Waals surface area contributed by atoms with Crippen LogP contribution in [0.15, 0.2) is 82.4 Å². The summed E-state index contributed by atoms with van der Waals surface area (Å²) in [4.78, 5) is 24.4. The minimum Gasteiger partial charge on any atom is -0.422 e. The van der Waals surface area contributed by atoms with E-state index in [4.69, 9.17) is 4.74 Å². The predicted molar refractivity (Wildman–Crippen MR) is 112 cm³/mol. The first-order valence-electron chi connectivity index (χ1n) is 8.50. The van der Waals surface area contributed by atoms with E-state index in [-0.39, 0.29) is 5.91 Å². The Morgan fingerprint density at radius 1 is 0.964 bits per heavy atom. The molecule has 0 aliphatic carbocycles. The molecular weight excluding hydrogens is 420 g/mol. The van der Waals surface area contributed by atoms with Gasteiger partial charge in [-0.05, 0) is 49.4 Å². The van der Waals surface area contributed by atoms with E-state index in [2.05, 4.69) is 26.5 Å². The maximum absolute atomic E-state index is 12.4. The smallest absolute Gasteiger partial charge is 0.343 e. The van der Waals surface area contributed by atoms with Crippen molar-refractivity contribution in [2.24, 2.45) is 5.10 Å². The number of nitrogens with one attached hydrogen (secondary N) is 1. The second-order valence-corrected chi connectivity index (χ2v) is 6.92. The van der Waals surface area contributed by atoms with Crippen LogP contribution in [0.2, 0.25) is 0 Å². The average molecular weight is 437 g/mol. The first-order valence-corrected chi connectivity index (χ1v) is 9.29. The van der Waals surface area contributed by atoms with Crippen LogP contribution in [0.25, 0.3) is 0 Å². The third-order valence-corrected chi connectivity index (χ3v) is 4.36. The monoisotopic (exact) mass is 436 g/mol. The van der Waals surface area contributed by atoms with Crippen molar-refractivity contribution in [1.82, 2.24) is 5.43 Å². The highest BCUT2D eigenvalue weighted by molar-refractivity contribution is 9.10. The number of carbonyl (C=O) groups is 2. The highest BCUT2D eigenvalue weighted by atomic mass is 79.9. The quantitative estimate of drug-likeness (QED) is 0.271. The van der Waals surface area contributed by atoms with Crippen LogP contribution in [-0.4, -0.2) is 18.1 Å². The number of ether oxygens (including phenoxy) is 1. The van der Waals surface area contributed by atoms with Crippen LogP contribution in [0.3, 0.4) is 0 Å². The van der Waals surface area contributed by atoms with Crippen LogP contribution in [0, 0.1) is 6.92 Å². The summed E-state index contributed by atoms with van der Waals surface area (Å²) in [5.41, 5.74) is 5.01. The van der Waals surface area contributed by atoms with Gasteiger partial charge >= 0.3 is 5.97 Å². The van der Waals surface area contributed by atoms with Gasteiger partial charge in [-0.15, -0.1) is 0 Å². The fourth-order valence-electron chi connectivity index (χ4n) is 2.38. The second-order valence-electron chi connectivity index (χ2n) is 6.00. The summed E-state index contributed by atoms with van der Waals surface area (Å²) in [6.45, 7) is 1.95. The minimum absolute atomic E-state index is 0.329. The minimum atomic E-state index is -0.467. The number of esters is 1. The molecule has 5 nitrogen and oxygen atoms in total. The Bertz CT molecular complexity index is 1020. The Morgan fingerprint density at radius 2 is 1.68 bits per heavy atom. The number of aryl methyl sites for hydroxylation is 1. The lowest BCUT2D eigenvalue weighted by Crippen LogP contribution is -2.17. The number of carbonyl (C=O) groups excluding carboxylic acids is 2. The first-order chi connectivity index (χ1) is 13.5. The third-order valence-electron chi connectivity index (χ3n) is 3.87. The highest BCUT2D eigenvalue weighted by Gasteiger charge is 2.11. The van der Waals surface area contributed by atoms with Gasteiger partial charge in [0.05, 0.1) is 11.8 Å². The zero-order valence-corrected chi connectivity index (χ0v) is 16.6. The Labute approximate surface area is 171 Å². The molecule has 0 aromatic heterocycles. The normalized spacial score (nSPS) is 10.6. The van der Waals surface area contributed by atoms with E-state index in [1.165, 1.54) is 6.21 Å². The Hall–Kier alpha value is -3.25. The molecule has 0 radical (unpaired) electrons. The van der Waals surface area contributed by atoms with E-state index in [0.29, 0.717) is 22.4 Å². The maximum Gasteiger partial charge on any atom is 0.343 e. The summed E-state index contributed by atoms with van der Waals surface area (Å²) in [5, 5.41) is 3.97. The zero-order valence-electron chi connectivity index (χ0n) is 15.1. The van der Waals surface area contributed by atoms with Gasteiger partial charge in [0.25, 0.3) is 5.91 Å². The molecule has 1 amide bonds. The molecule has 0 saturated carbocycles. The van der Waals surface area contributed by atoms with E-state index < -0.39 is 5.97 Å². The van der Waals surface area contributed by atoms with Gasteiger partial charge in [0.2, 0.25) is 0 Å². The van der Waals surface area contributed by atoms with Crippen LogP contribution < -0.4 is 10.2 Å². The van der Waals surface area contributed by atoms with E-state index in [1.807, 2.05) is 25.1 Å². The van der Waals surface area contributed by atoms with Crippen LogP contribution in [0.1, 0.15) is 31.8 Å². The molecule has 3 aromatic carbocycles. The molecule has 0 heterocycles. The number of nitrogens with zero attached hydrogens (tertiary/aromatic N) is 1. The largest absolute Gasteiger partial charge is 0.422 e. The van der Waals surface area contributed by atoms with Gasteiger partial charge in [0, 0.05) is 15.6 Å². The lowest BCUT2D eigenvalue weighted by Gasteiger charge is -2.08. The zero-order chi connectivity index (χ0) is 19.9. The van der Waals surface area contributed by atoms with Crippen LogP contribution >= 0.6 is 15.9 Å². The molecule has 3 aromatic rings. The van der Waals surface area contributed by atoms with Gasteiger partial charge in [0.1, 0.15) is 5.75 Å². The summed E-state index contributed by atoms with van der Waals surface area (Å²) in [6, 6.07) is 21.1. The van der Waals surface area contributed by atoms with E-state index in [0.717, 1.165) is 10.0 Å². The number of benzene rings is 3. The SMILES string of the molecule is Cc1ccc(C(=O)Oc2ccc(Br)cc2/C=N/NC(=O)c2ccccc2)cc1. The van der Waals surface area contributed by atoms with Crippen molar-refractivity contribution < 1.29 is 14.3 Å². The Morgan fingerprint density at radius 3 is 2.39 bits per heavy atom. The molecule has 0 saturated heterocycles. The lowest BCUT2D eigenvalue weighted by molar-refractivity contribution is 0.0734. The topological polar surface area (TPSA) is 67.8 Å². The van der Waals surface area contributed by atoms with Gasteiger partial charge in [0.15, 0.2) is 0 Å². The third kappa shape index (κ3) is 5.14. The van der Waals surface area contributed by atoms with Crippen molar-refractivity contribution >= 4 is 34.0 Å². The molecule has 0 aliphatic rings. The molecule has 140 valence electrons.